The third-order valence-corrected chi connectivity index (χ3v) is 5.54. The van der Waals surface area contributed by atoms with E-state index in [1.165, 1.54) is 22.5 Å². The number of carbonyl (C=O) groups is 1. The molecule has 0 fully saturated rings. The maximum atomic E-state index is 12.0. The molecule has 26 heavy (non-hydrogen) atoms. The molecule has 0 atom stereocenters. The molecule has 9 heteroatoms. The monoisotopic (exact) mass is 384 g/mol. The molecule has 0 bridgehead atoms. The van der Waals surface area contributed by atoms with Gasteiger partial charge in [0.15, 0.2) is 5.65 Å². The predicted molar refractivity (Wildman–Crippen MR) is 104 cm³/mol. The molecule has 0 saturated heterocycles. The zero-order valence-electron chi connectivity index (χ0n) is 13.8. The zero-order chi connectivity index (χ0) is 17.8. The van der Waals surface area contributed by atoms with E-state index in [1.54, 1.807) is 22.2 Å². The average molecular weight is 384 g/mol. The van der Waals surface area contributed by atoms with Gasteiger partial charge >= 0.3 is 0 Å². The molecular formula is C17H16N6OS2. The highest BCUT2D eigenvalue weighted by Crippen LogP contribution is 2.20. The van der Waals surface area contributed by atoms with Crippen molar-refractivity contribution in [1.29, 1.82) is 0 Å². The first kappa shape index (κ1) is 16.7. The van der Waals surface area contributed by atoms with Crippen LogP contribution in [-0.2, 0) is 13.1 Å². The molecule has 1 amide bonds. The van der Waals surface area contributed by atoms with E-state index in [2.05, 4.69) is 37.1 Å². The Labute approximate surface area is 157 Å². The second-order valence-electron chi connectivity index (χ2n) is 5.49. The topological polar surface area (TPSA) is 84.7 Å². The zero-order valence-corrected chi connectivity index (χ0v) is 15.4. The highest BCUT2D eigenvalue weighted by molar-refractivity contribution is 7.12. The van der Waals surface area contributed by atoms with Gasteiger partial charge in [0.1, 0.15) is 12.1 Å². The van der Waals surface area contributed by atoms with Crippen molar-refractivity contribution in [3.8, 4) is 0 Å². The minimum atomic E-state index is -0.0654. The molecule has 7 nitrogen and oxygen atoms in total. The van der Waals surface area contributed by atoms with Crippen molar-refractivity contribution in [2.24, 2.45) is 0 Å². The molecule has 4 aromatic heterocycles. The number of aromatic nitrogens is 4. The number of amides is 1. The van der Waals surface area contributed by atoms with Crippen molar-refractivity contribution in [2.75, 3.05) is 11.9 Å². The highest BCUT2D eigenvalue weighted by atomic mass is 32.1. The predicted octanol–water partition coefficient (Wildman–Crippen LogP) is 2.99. The van der Waals surface area contributed by atoms with Crippen molar-refractivity contribution in [1.82, 2.24) is 25.1 Å². The molecule has 0 aliphatic rings. The SMILES string of the molecule is O=C(NCCn1ncc2c(NCc3cccs3)ncnc21)c1cccs1. The molecule has 0 aliphatic carbocycles. The van der Waals surface area contributed by atoms with Gasteiger partial charge in [-0.15, -0.1) is 22.7 Å². The highest BCUT2D eigenvalue weighted by Gasteiger charge is 2.11. The molecule has 0 spiro atoms. The Hall–Kier alpha value is -2.78. The van der Waals surface area contributed by atoms with Crippen LogP contribution in [0.4, 0.5) is 5.82 Å². The Morgan fingerprint density at radius 3 is 2.85 bits per heavy atom. The van der Waals surface area contributed by atoms with Crippen LogP contribution in [0.15, 0.2) is 47.5 Å². The van der Waals surface area contributed by atoms with E-state index in [-0.39, 0.29) is 5.91 Å². The van der Waals surface area contributed by atoms with Crippen LogP contribution in [0.2, 0.25) is 0 Å². The lowest BCUT2D eigenvalue weighted by atomic mass is 10.3. The van der Waals surface area contributed by atoms with Crippen molar-refractivity contribution in [3.05, 3.63) is 57.3 Å². The number of thiophene rings is 2. The largest absolute Gasteiger partial charge is 0.364 e. The number of carbonyl (C=O) groups excluding carboxylic acids is 1. The van der Waals surface area contributed by atoms with Crippen LogP contribution < -0.4 is 10.6 Å². The first-order chi connectivity index (χ1) is 12.8. The Kier molecular flexibility index (Phi) is 4.89. The van der Waals surface area contributed by atoms with Crippen molar-refractivity contribution < 1.29 is 4.79 Å². The fourth-order valence-electron chi connectivity index (χ4n) is 2.55. The number of fused-ring (bicyclic) bond motifs is 1. The Morgan fingerprint density at radius 1 is 1.15 bits per heavy atom. The molecule has 0 unspecified atom stereocenters. The molecule has 4 aromatic rings. The van der Waals surface area contributed by atoms with Gasteiger partial charge in [-0.05, 0) is 22.9 Å². The van der Waals surface area contributed by atoms with Gasteiger partial charge in [-0.1, -0.05) is 12.1 Å². The molecule has 4 heterocycles. The van der Waals surface area contributed by atoms with Gasteiger partial charge in [-0.3, -0.25) is 4.79 Å². The molecule has 0 saturated carbocycles. The van der Waals surface area contributed by atoms with Crippen LogP contribution in [0, 0.1) is 0 Å². The van der Waals surface area contributed by atoms with E-state index in [4.69, 9.17) is 0 Å². The summed E-state index contributed by atoms with van der Waals surface area (Å²) in [5.74, 6) is 0.696. The number of nitrogens with one attached hydrogen (secondary N) is 2. The summed E-state index contributed by atoms with van der Waals surface area (Å²) in [6.07, 6.45) is 3.29. The molecule has 0 aliphatic heterocycles. The normalized spacial score (nSPS) is 10.9. The third kappa shape index (κ3) is 3.58. The van der Waals surface area contributed by atoms with Crippen LogP contribution in [0.25, 0.3) is 11.0 Å². The second-order valence-corrected chi connectivity index (χ2v) is 7.47. The van der Waals surface area contributed by atoms with E-state index < -0.39 is 0 Å². The summed E-state index contributed by atoms with van der Waals surface area (Å²) in [5, 5.41) is 15.4. The lowest BCUT2D eigenvalue weighted by molar-refractivity contribution is 0.0956. The third-order valence-electron chi connectivity index (χ3n) is 3.80. The lowest BCUT2D eigenvalue weighted by Crippen LogP contribution is -2.26. The first-order valence-corrected chi connectivity index (χ1v) is 9.81. The van der Waals surface area contributed by atoms with Gasteiger partial charge in [0.25, 0.3) is 5.91 Å². The van der Waals surface area contributed by atoms with Gasteiger partial charge in [0, 0.05) is 11.4 Å². The first-order valence-electron chi connectivity index (χ1n) is 8.06. The average Bonchev–Trinajstić information content (AvgIpc) is 3.41. The standard InChI is InChI=1S/C17H16N6OS2/c24-17(14-4-2-8-26-14)18-5-6-23-16-13(10-22-23)15(20-11-21-16)19-9-12-3-1-7-25-12/h1-4,7-8,10-11H,5-6,9H2,(H,18,24)(H,19,20,21). The minimum Gasteiger partial charge on any atom is -0.364 e. The Morgan fingerprint density at radius 2 is 2.04 bits per heavy atom. The maximum Gasteiger partial charge on any atom is 0.261 e. The number of hydrogen-bond acceptors (Lipinski definition) is 7. The van der Waals surface area contributed by atoms with Crippen molar-refractivity contribution in [2.45, 2.75) is 13.1 Å². The Balaban J connectivity index is 1.42. The fraction of sp³-hybridized carbons (Fsp3) is 0.176. The molecule has 0 aromatic carbocycles. The number of nitrogens with zero attached hydrogens (tertiary/aromatic N) is 4. The van der Waals surface area contributed by atoms with E-state index in [0.717, 1.165) is 16.9 Å². The molecule has 4 rings (SSSR count). The van der Waals surface area contributed by atoms with Crippen molar-refractivity contribution >= 4 is 45.4 Å². The van der Waals surface area contributed by atoms with E-state index >= 15 is 0 Å². The summed E-state index contributed by atoms with van der Waals surface area (Å²) in [6.45, 7) is 1.74. The van der Waals surface area contributed by atoms with Crippen LogP contribution >= 0.6 is 22.7 Å². The van der Waals surface area contributed by atoms with Gasteiger partial charge in [-0.2, -0.15) is 5.10 Å². The van der Waals surface area contributed by atoms with Crippen molar-refractivity contribution in [3.63, 3.8) is 0 Å². The number of anilines is 1. The number of rotatable bonds is 7. The molecule has 0 radical (unpaired) electrons. The molecular weight excluding hydrogens is 368 g/mol. The lowest BCUT2D eigenvalue weighted by Gasteiger charge is -2.07. The number of hydrogen-bond donors (Lipinski definition) is 2. The summed E-state index contributed by atoms with van der Waals surface area (Å²) in [6, 6.07) is 7.78. The minimum absolute atomic E-state index is 0.0654. The van der Waals surface area contributed by atoms with E-state index in [9.17, 15) is 4.79 Å². The van der Waals surface area contributed by atoms with E-state index in [0.29, 0.717) is 24.5 Å². The van der Waals surface area contributed by atoms with Gasteiger partial charge in [-0.25, -0.2) is 14.6 Å². The van der Waals surface area contributed by atoms with Gasteiger partial charge in [0.2, 0.25) is 0 Å². The summed E-state index contributed by atoms with van der Waals surface area (Å²) >= 11 is 3.12. The summed E-state index contributed by atoms with van der Waals surface area (Å²) in [7, 11) is 0. The smallest absolute Gasteiger partial charge is 0.261 e. The fourth-order valence-corrected chi connectivity index (χ4v) is 3.84. The van der Waals surface area contributed by atoms with Gasteiger partial charge < -0.3 is 10.6 Å². The second kappa shape index (κ2) is 7.63. The van der Waals surface area contributed by atoms with Crippen LogP contribution in [0.5, 0.6) is 0 Å². The summed E-state index contributed by atoms with van der Waals surface area (Å²) < 4.78 is 1.78. The maximum absolute atomic E-state index is 12.0. The van der Waals surface area contributed by atoms with E-state index in [1.807, 2.05) is 23.6 Å². The molecule has 132 valence electrons. The summed E-state index contributed by atoms with van der Waals surface area (Å²) in [4.78, 5) is 22.6. The van der Waals surface area contributed by atoms with Gasteiger partial charge in [0.05, 0.1) is 29.5 Å². The van der Waals surface area contributed by atoms with Crippen LogP contribution in [0.3, 0.4) is 0 Å². The van der Waals surface area contributed by atoms with Crippen LogP contribution in [0.1, 0.15) is 14.5 Å². The Bertz CT molecular complexity index is 994. The quantitative estimate of drug-likeness (QED) is 0.512. The van der Waals surface area contributed by atoms with Crippen LogP contribution in [-0.4, -0.2) is 32.2 Å². The summed E-state index contributed by atoms with van der Waals surface area (Å²) in [5.41, 5.74) is 0.749. The molecule has 2 N–H and O–H groups in total.